The number of nitrogens with zero attached hydrogens (tertiary/aromatic N) is 2. The van der Waals surface area contributed by atoms with Gasteiger partial charge in [-0.05, 0) is 110 Å². The van der Waals surface area contributed by atoms with Gasteiger partial charge in [-0.3, -0.25) is 0 Å². The van der Waals surface area contributed by atoms with Crippen molar-refractivity contribution in [3.8, 4) is 61.3 Å². The van der Waals surface area contributed by atoms with E-state index in [1.54, 1.807) is 0 Å². The summed E-state index contributed by atoms with van der Waals surface area (Å²) >= 11 is 0. The van der Waals surface area contributed by atoms with Crippen molar-refractivity contribution in [1.82, 2.24) is 4.57 Å². The molecule has 12 aromatic rings. The van der Waals surface area contributed by atoms with Gasteiger partial charge in [-0.25, -0.2) is 0 Å². The van der Waals surface area contributed by atoms with Crippen LogP contribution >= 0.6 is 0 Å². The van der Waals surface area contributed by atoms with Crippen LogP contribution in [-0.2, 0) is 0 Å². The summed E-state index contributed by atoms with van der Waals surface area (Å²) in [6.45, 7) is 0. The van der Waals surface area contributed by atoms with Crippen LogP contribution in [0.25, 0.3) is 93.9 Å². The molecule has 0 fully saturated rings. The predicted octanol–water partition coefficient (Wildman–Crippen LogP) is 17.7. The lowest BCUT2D eigenvalue weighted by Crippen LogP contribution is -2.12. The highest BCUT2D eigenvalue weighted by Gasteiger charge is 2.22. The highest BCUT2D eigenvalue weighted by molar-refractivity contribution is 6.09. The van der Waals surface area contributed by atoms with Crippen molar-refractivity contribution in [1.29, 1.82) is 0 Å². The lowest BCUT2D eigenvalue weighted by atomic mass is 9.94. The molecule has 0 N–H and O–H groups in total. The van der Waals surface area contributed by atoms with Crippen molar-refractivity contribution in [3.63, 3.8) is 0 Å². The summed E-state index contributed by atoms with van der Waals surface area (Å²) in [6, 6.07) is 97.1. The Bertz CT molecular complexity index is 3620. The molecule has 0 bridgehead atoms. The van der Waals surface area contributed by atoms with Crippen molar-refractivity contribution in [2.75, 3.05) is 4.90 Å². The van der Waals surface area contributed by atoms with E-state index in [-0.39, 0.29) is 0 Å². The molecule has 0 atom stereocenters. The summed E-state index contributed by atoms with van der Waals surface area (Å²) in [5.41, 5.74) is 18.4. The molecule has 2 heteroatoms. The zero-order valence-corrected chi connectivity index (χ0v) is 36.3. The van der Waals surface area contributed by atoms with E-state index in [0.29, 0.717) is 0 Å². The lowest BCUT2D eigenvalue weighted by molar-refractivity contribution is 1.18. The Morgan fingerprint density at radius 2 is 0.682 bits per heavy atom. The fourth-order valence-corrected chi connectivity index (χ4v) is 9.87. The number of benzene rings is 11. The normalized spacial score (nSPS) is 11.3. The Morgan fingerprint density at radius 3 is 1.33 bits per heavy atom. The van der Waals surface area contributed by atoms with Gasteiger partial charge in [-0.2, -0.15) is 0 Å². The molecule has 310 valence electrons. The van der Waals surface area contributed by atoms with E-state index in [0.717, 1.165) is 50.6 Å². The van der Waals surface area contributed by atoms with Gasteiger partial charge in [0.15, 0.2) is 0 Å². The molecule has 0 spiro atoms. The van der Waals surface area contributed by atoms with Crippen molar-refractivity contribution >= 4 is 49.6 Å². The Morgan fingerprint density at radius 1 is 0.258 bits per heavy atom. The second-order valence-corrected chi connectivity index (χ2v) is 16.9. The van der Waals surface area contributed by atoms with E-state index >= 15 is 0 Å². The zero-order chi connectivity index (χ0) is 43.8. The maximum atomic E-state index is 2.46. The summed E-state index contributed by atoms with van der Waals surface area (Å²) in [6.07, 6.45) is 0. The molecule has 0 aliphatic rings. The third-order valence-corrected chi connectivity index (χ3v) is 13.0. The van der Waals surface area contributed by atoms with Crippen molar-refractivity contribution in [2.24, 2.45) is 0 Å². The summed E-state index contributed by atoms with van der Waals surface area (Å²) in [7, 11) is 0. The third kappa shape index (κ3) is 7.02. The van der Waals surface area contributed by atoms with Crippen molar-refractivity contribution < 1.29 is 0 Å². The van der Waals surface area contributed by atoms with E-state index in [9.17, 15) is 0 Å². The highest BCUT2D eigenvalue weighted by Crippen LogP contribution is 2.47. The molecule has 1 heterocycles. The quantitative estimate of drug-likeness (QED) is 0.141. The predicted molar refractivity (Wildman–Crippen MR) is 280 cm³/mol. The van der Waals surface area contributed by atoms with E-state index in [4.69, 9.17) is 0 Å². The number of rotatable bonds is 9. The third-order valence-electron chi connectivity index (χ3n) is 13.0. The highest BCUT2D eigenvalue weighted by atomic mass is 15.1. The van der Waals surface area contributed by atoms with Gasteiger partial charge in [-0.1, -0.05) is 212 Å². The number of hydrogen-bond donors (Lipinski definition) is 0. The monoisotopic (exact) mass is 840 g/mol. The van der Waals surface area contributed by atoms with Crippen LogP contribution in [-0.4, -0.2) is 4.57 Å². The summed E-state index contributed by atoms with van der Waals surface area (Å²) < 4.78 is 2.43. The molecule has 66 heavy (non-hydrogen) atoms. The molecule has 1 aromatic heterocycles. The molecule has 0 saturated carbocycles. The topological polar surface area (TPSA) is 8.17 Å². The average Bonchev–Trinajstić information content (AvgIpc) is 3.74. The SMILES string of the molecule is c1ccc(-c2ccc(-c3ccccc3N(c3ccc(-c4cccc5ccccc45)cc3)c3ccccc3-c3cc(-c4ccccc4)cc(-n4c5ccccc5c5ccccc54)c3)cc2)cc1. The van der Waals surface area contributed by atoms with Crippen LogP contribution in [0.5, 0.6) is 0 Å². The Labute approximate surface area is 385 Å². The molecule has 0 amide bonds. The van der Waals surface area contributed by atoms with Crippen LogP contribution in [0.4, 0.5) is 17.1 Å². The van der Waals surface area contributed by atoms with Crippen LogP contribution in [0.2, 0.25) is 0 Å². The Balaban J connectivity index is 1.07. The minimum absolute atomic E-state index is 1.07. The zero-order valence-electron chi connectivity index (χ0n) is 36.3. The minimum Gasteiger partial charge on any atom is -0.309 e. The molecule has 2 nitrogen and oxygen atoms in total. The average molecular weight is 841 g/mol. The molecule has 0 saturated heterocycles. The van der Waals surface area contributed by atoms with Gasteiger partial charge in [0.05, 0.1) is 22.4 Å². The lowest BCUT2D eigenvalue weighted by Gasteiger charge is -2.30. The van der Waals surface area contributed by atoms with Crippen LogP contribution in [0.1, 0.15) is 0 Å². The molecular weight excluding hydrogens is 797 g/mol. The number of hydrogen-bond acceptors (Lipinski definition) is 1. The molecule has 0 aliphatic heterocycles. The van der Waals surface area contributed by atoms with E-state index in [1.807, 2.05) is 0 Å². The van der Waals surface area contributed by atoms with Gasteiger partial charge in [0, 0.05) is 33.3 Å². The number of anilines is 3. The maximum absolute atomic E-state index is 2.46. The second-order valence-electron chi connectivity index (χ2n) is 16.9. The van der Waals surface area contributed by atoms with Gasteiger partial charge in [0.25, 0.3) is 0 Å². The van der Waals surface area contributed by atoms with E-state index in [1.165, 1.54) is 60.4 Å². The molecule has 0 unspecified atom stereocenters. The smallest absolute Gasteiger partial charge is 0.0541 e. The molecule has 11 aromatic carbocycles. The molecule has 12 rings (SSSR count). The largest absolute Gasteiger partial charge is 0.309 e. The number of para-hydroxylation sites is 4. The van der Waals surface area contributed by atoms with E-state index in [2.05, 4.69) is 276 Å². The first-order valence-corrected chi connectivity index (χ1v) is 22.7. The van der Waals surface area contributed by atoms with Gasteiger partial charge < -0.3 is 9.47 Å². The van der Waals surface area contributed by atoms with Crippen LogP contribution in [0.3, 0.4) is 0 Å². The number of aromatic nitrogens is 1. The van der Waals surface area contributed by atoms with Gasteiger partial charge in [0.1, 0.15) is 0 Å². The van der Waals surface area contributed by atoms with Crippen molar-refractivity contribution in [3.05, 3.63) is 267 Å². The van der Waals surface area contributed by atoms with E-state index < -0.39 is 0 Å². The van der Waals surface area contributed by atoms with Gasteiger partial charge in [0.2, 0.25) is 0 Å². The minimum atomic E-state index is 1.07. The first-order valence-electron chi connectivity index (χ1n) is 22.7. The molecule has 0 aliphatic carbocycles. The van der Waals surface area contributed by atoms with Crippen LogP contribution in [0.15, 0.2) is 267 Å². The van der Waals surface area contributed by atoms with Gasteiger partial charge in [-0.15, -0.1) is 0 Å². The first-order chi connectivity index (χ1) is 32.7. The van der Waals surface area contributed by atoms with Crippen LogP contribution in [0, 0.1) is 0 Å². The summed E-state index contributed by atoms with van der Waals surface area (Å²) in [5, 5.41) is 4.97. The summed E-state index contributed by atoms with van der Waals surface area (Å²) in [5.74, 6) is 0. The Hall–Kier alpha value is -8.72. The van der Waals surface area contributed by atoms with Gasteiger partial charge >= 0.3 is 0 Å². The fourth-order valence-electron chi connectivity index (χ4n) is 9.87. The standard InChI is InChI=1S/C64H44N2/c1-3-18-45(19-4-1)47-34-36-50(37-35-47)57-25-9-13-30-61(57)65(53-40-38-49(39-41-53)56-29-17-23-48-22-7-8-24-55(48)56)62-31-14-10-26-58(62)52-42-51(46-20-5-2-6-21-46)43-54(44-52)66-63-32-15-11-27-59(63)60-28-12-16-33-64(60)66/h1-44H. The maximum Gasteiger partial charge on any atom is 0.0541 e. The summed E-state index contributed by atoms with van der Waals surface area (Å²) in [4.78, 5) is 2.46. The van der Waals surface area contributed by atoms with Crippen molar-refractivity contribution in [2.45, 2.75) is 0 Å². The second kappa shape index (κ2) is 16.8. The number of fused-ring (bicyclic) bond motifs is 4. The first kappa shape index (κ1) is 38.9. The molecular formula is C64H44N2. The fraction of sp³-hybridized carbons (Fsp3) is 0. The molecule has 0 radical (unpaired) electrons. The van der Waals surface area contributed by atoms with Crippen LogP contribution < -0.4 is 4.90 Å². The Kier molecular flexibility index (Phi) is 9.89.